The molecule has 0 atom stereocenters. The van der Waals surface area contributed by atoms with E-state index in [1.807, 2.05) is 25.1 Å². The van der Waals surface area contributed by atoms with Crippen LogP contribution in [0.3, 0.4) is 0 Å². The zero-order valence-electron chi connectivity index (χ0n) is 12.2. The molecule has 0 saturated heterocycles. The highest BCUT2D eigenvalue weighted by Crippen LogP contribution is 2.26. The normalized spacial score (nSPS) is 10.9. The molecule has 4 heteroatoms. The fraction of sp³-hybridized carbons (Fsp3) is 0.438. The predicted octanol–water partition coefficient (Wildman–Crippen LogP) is 2.61. The summed E-state index contributed by atoms with van der Waals surface area (Å²) in [6.45, 7) is 6.12. The first-order valence-electron chi connectivity index (χ1n) is 7.23. The predicted molar refractivity (Wildman–Crippen MR) is 80.6 cm³/mol. The number of furan rings is 1. The summed E-state index contributed by atoms with van der Waals surface area (Å²) in [5, 5.41) is 7.28. The Morgan fingerprint density at radius 1 is 1.25 bits per heavy atom. The van der Waals surface area contributed by atoms with E-state index < -0.39 is 0 Å². The van der Waals surface area contributed by atoms with Crippen LogP contribution in [0.4, 0.5) is 0 Å². The molecule has 20 heavy (non-hydrogen) atoms. The molecule has 0 spiro atoms. The molecule has 0 aliphatic carbocycles. The lowest BCUT2D eigenvalue weighted by Gasteiger charge is -2.05. The van der Waals surface area contributed by atoms with Crippen LogP contribution in [0, 0.1) is 0 Å². The van der Waals surface area contributed by atoms with E-state index in [-0.39, 0.29) is 5.91 Å². The quantitative estimate of drug-likeness (QED) is 0.763. The summed E-state index contributed by atoms with van der Waals surface area (Å²) < 4.78 is 5.85. The highest BCUT2D eigenvalue weighted by atomic mass is 16.3. The number of para-hydroxylation sites is 1. The molecule has 4 nitrogen and oxygen atoms in total. The van der Waals surface area contributed by atoms with Crippen molar-refractivity contribution in [3.63, 3.8) is 0 Å². The number of rotatable bonds is 7. The van der Waals surface area contributed by atoms with E-state index in [9.17, 15) is 4.79 Å². The molecule has 0 bridgehead atoms. The molecule has 0 aliphatic heterocycles. The Morgan fingerprint density at radius 2 is 2.05 bits per heavy atom. The zero-order valence-corrected chi connectivity index (χ0v) is 12.2. The summed E-state index contributed by atoms with van der Waals surface area (Å²) in [6.07, 6.45) is 1.38. The van der Waals surface area contributed by atoms with Gasteiger partial charge in [-0.3, -0.25) is 4.79 Å². The first kappa shape index (κ1) is 14.6. The number of aryl methyl sites for hydroxylation is 1. The molecular weight excluding hydrogens is 252 g/mol. The average Bonchev–Trinajstić information content (AvgIpc) is 2.82. The van der Waals surface area contributed by atoms with Crippen LogP contribution in [0.25, 0.3) is 11.0 Å². The summed E-state index contributed by atoms with van der Waals surface area (Å²) in [7, 11) is 0. The van der Waals surface area contributed by atoms with Crippen molar-refractivity contribution < 1.29 is 9.21 Å². The van der Waals surface area contributed by atoms with Crippen LogP contribution in [0.5, 0.6) is 0 Å². The van der Waals surface area contributed by atoms with Gasteiger partial charge in [-0.05, 0) is 13.0 Å². The van der Waals surface area contributed by atoms with Gasteiger partial charge in [0.25, 0.3) is 0 Å². The molecule has 2 rings (SSSR count). The van der Waals surface area contributed by atoms with Crippen molar-refractivity contribution in [1.82, 2.24) is 10.6 Å². The monoisotopic (exact) mass is 274 g/mol. The second-order valence-corrected chi connectivity index (χ2v) is 4.73. The molecule has 0 saturated carbocycles. The van der Waals surface area contributed by atoms with Crippen LogP contribution in [0.15, 0.2) is 28.7 Å². The first-order chi connectivity index (χ1) is 9.76. The Morgan fingerprint density at radius 3 is 2.80 bits per heavy atom. The van der Waals surface area contributed by atoms with Crippen LogP contribution < -0.4 is 10.6 Å². The third kappa shape index (κ3) is 3.39. The van der Waals surface area contributed by atoms with E-state index >= 15 is 0 Å². The standard InChI is InChI=1S/C16H22N2O2/c1-3-14-13(11-17-10-9-16(19)18-4-2)12-7-5-6-8-15(12)20-14/h5-8,17H,3-4,9-11H2,1-2H3,(H,18,19). The third-order valence-electron chi connectivity index (χ3n) is 3.31. The molecular formula is C16H22N2O2. The Hall–Kier alpha value is -1.81. The number of carbonyl (C=O) groups excluding carboxylic acids is 1. The molecule has 0 radical (unpaired) electrons. The Balaban J connectivity index is 1.97. The van der Waals surface area contributed by atoms with Gasteiger partial charge in [-0.15, -0.1) is 0 Å². The van der Waals surface area contributed by atoms with Crippen molar-refractivity contribution >= 4 is 16.9 Å². The van der Waals surface area contributed by atoms with E-state index in [4.69, 9.17) is 4.42 Å². The van der Waals surface area contributed by atoms with Crippen LogP contribution in [-0.4, -0.2) is 19.0 Å². The van der Waals surface area contributed by atoms with E-state index in [0.29, 0.717) is 19.5 Å². The van der Waals surface area contributed by atoms with Gasteiger partial charge in [-0.25, -0.2) is 0 Å². The summed E-state index contributed by atoms with van der Waals surface area (Å²) in [5.74, 6) is 1.12. The minimum absolute atomic E-state index is 0.0905. The maximum Gasteiger partial charge on any atom is 0.221 e. The number of amides is 1. The highest BCUT2D eigenvalue weighted by molar-refractivity contribution is 5.82. The molecule has 1 heterocycles. The third-order valence-corrected chi connectivity index (χ3v) is 3.31. The summed E-state index contributed by atoms with van der Waals surface area (Å²) >= 11 is 0. The second-order valence-electron chi connectivity index (χ2n) is 4.73. The molecule has 1 aromatic heterocycles. The number of benzene rings is 1. The van der Waals surface area contributed by atoms with Crippen molar-refractivity contribution in [3.05, 3.63) is 35.6 Å². The van der Waals surface area contributed by atoms with Gasteiger partial charge in [0.15, 0.2) is 0 Å². The van der Waals surface area contributed by atoms with E-state index in [2.05, 4.69) is 23.6 Å². The minimum atomic E-state index is 0.0905. The Bertz CT molecular complexity index is 575. The van der Waals surface area contributed by atoms with E-state index in [1.54, 1.807) is 0 Å². The SMILES string of the molecule is CCNC(=O)CCNCc1c(CC)oc2ccccc12. The molecule has 108 valence electrons. The van der Waals surface area contributed by atoms with Gasteiger partial charge in [-0.1, -0.05) is 25.1 Å². The lowest BCUT2D eigenvalue weighted by Crippen LogP contribution is -2.27. The van der Waals surface area contributed by atoms with Gasteiger partial charge in [0.1, 0.15) is 11.3 Å². The number of fused-ring (bicyclic) bond motifs is 1. The Labute approximate surface area is 119 Å². The second kappa shape index (κ2) is 7.10. The van der Waals surface area contributed by atoms with Crippen molar-refractivity contribution in [2.45, 2.75) is 33.2 Å². The largest absolute Gasteiger partial charge is 0.461 e. The fourth-order valence-corrected chi connectivity index (χ4v) is 2.33. The molecule has 0 unspecified atom stereocenters. The maximum atomic E-state index is 11.4. The first-order valence-corrected chi connectivity index (χ1v) is 7.23. The number of hydrogen-bond acceptors (Lipinski definition) is 3. The topological polar surface area (TPSA) is 54.3 Å². The van der Waals surface area contributed by atoms with Gasteiger partial charge in [0, 0.05) is 43.4 Å². The van der Waals surface area contributed by atoms with Gasteiger partial charge in [-0.2, -0.15) is 0 Å². The van der Waals surface area contributed by atoms with Crippen LogP contribution >= 0.6 is 0 Å². The average molecular weight is 274 g/mol. The van der Waals surface area contributed by atoms with Gasteiger partial charge in [0.2, 0.25) is 5.91 Å². The number of nitrogens with one attached hydrogen (secondary N) is 2. The van der Waals surface area contributed by atoms with Crippen molar-refractivity contribution in [1.29, 1.82) is 0 Å². The smallest absolute Gasteiger partial charge is 0.221 e. The maximum absolute atomic E-state index is 11.4. The molecule has 0 fully saturated rings. The van der Waals surface area contributed by atoms with Crippen LogP contribution in [-0.2, 0) is 17.8 Å². The summed E-state index contributed by atoms with van der Waals surface area (Å²) in [5.41, 5.74) is 2.14. The van der Waals surface area contributed by atoms with Gasteiger partial charge < -0.3 is 15.1 Å². The molecule has 1 aromatic carbocycles. The minimum Gasteiger partial charge on any atom is -0.461 e. The molecule has 0 aliphatic rings. The lowest BCUT2D eigenvalue weighted by atomic mass is 10.1. The van der Waals surface area contributed by atoms with Gasteiger partial charge >= 0.3 is 0 Å². The van der Waals surface area contributed by atoms with E-state index in [1.165, 1.54) is 5.56 Å². The number of carbonyl (C=O) groups is 1. The molecule has 2 N–H and O–H groups in total. The molecule has 2 aromatic rings. The fourth-order valence-electron chi connectivity index (χ4n) is 2.33. The van der Waals surface area contributed by atoms with E-state index in [0.717, 1.165) is 29.7 Å². The van der Waals surface area contributed by atoms with Gasteiger partial charge in [0.05, 0.1) is 0 Å². The molecule has 1 amide bonds. The number of hydrogen-bond donors (Lipinski definition) is 2. The van der Waals surface area contributed by atoms with Crippen LogP contribution in [0.1, 0.15) is 31.6 Å². The van der Waals surface area contributed by atoms with Crippen molar-refractivity contribution in [2.24, 2.45) is 0 Å². The summed E-state index contributed by atoms with van der Waals surface area (Å²) in [6, 6.07) is 8.08. The van der Waals surface area contributed by atoms with Crippen molar-refractivity contribution in [2.75, 3.05) is 13.1 Å². The summed E-state index contributed by atoms with van der Waals surface area (Å²) in [4.78, 5) is 11.4. The zero-order chi connectivity index (χ0) is 14.4. The van der Waals surface area contributed by atoms with Crippen molar-refractivity contribution in [3.8, 4) is 0 Å². The lowest BCUT2D eigenvalue weighted by molar-refractivity contribution is -0.120. The van der Waals surface area contributed by atoms with Crippen LogP contribution in [0.2, 0.25) is 0 Å². The highest BCUT2D eigenvalue weighted by Gasteiger charge is 2.11. The Kier molecular flexibility index (Phi) is 5.18.